The standard InChI is InChI=1S/C40H36F4N4O7/c1-20-25(6-3-8-27(20)36-46-30-12-22(16-48-17-24(49)18-48)32(54-39(41)42)14-34(30)52-36)26-7-4-9-28(21(26)2)37-47-31-13-23(19-51-38(50)29-10-5-11-45-29)33(55-40(43)44)15-35(31)53-37/h3-4,6-9,12-15,24,29,39-40,45,49H,5,10-11,16-19H2,1-2H3/t29-/m0/s1. The van der Waals surface area contributed by atoms with Gasteiger partial charge >= 0.3 is 19.2 Å². The van der Waals surface area contributed by atoms with Crippen molar-refractivity contribution in [2.45, 2.75) is 65.2 Å². The van der Waals surface area contributed by atoms with Gasteiger partial charge in [-0.25, -0.2) is 9.97 Å². The number of esters is 1. The van der Waals surface area contributed by atoms with Crippen LogP contribution in [0.3, 0.4) is 0 Å². The number of aliphatic hydroxyl groups is 1. The fraction of sp³-hybridized carbons (Fsp3) is 0.325. The van der Waals surface area contributed by atoms with Gasteiger partial charge in [0, 0.05) is 54.0 Å². The average molecular weight is 761 g/mol. The second-order valence-electron chi connectivity index (χ2n) is 13.7. The highest BCUT2D eigenvalue weighted by Crippen LogP contribution is 2.39. The van der Waals surface area contributed by atoms with Gasteiger partial charge in [-0.3, -0.25) is 9.69 Å². The number of ether oxygens (including phenoxy) is 3. The van der Waals surface area contributed by atoms with Gasteiger partial charge in [-0.1, -0.05) is 24.3 Å². The van der Waals surface area contributed by atoms with Crippen LogP contribution >= 0.6 is 0 Å². The topological polar surface area (TPSA) is 132 Å². The molecule has 11 nitrogen and oxygen atoms in total. The lowest BCUT2D eigenvalue weighted by molar-refractivity contribution is -0.147. The van der Waals surface area contributed by atoms with Crippen molar-refractivity contribution in [3.05, 3.63) is 82.9 Å². The van der Waals surface area contributed by atoms with Crippen LogP contribution in [0.15, 0.2) is 69.5 Å². The van der Waals surface area contributed by atoms with Crippen molar-refractivity contribution >= 4 is 28.2 Å². The van der Waals surface area contributed by atoms with E-state index in [1.54, 1.807) is 6.07 Å². The van der Waals surface area contributed by atoms with E-state index in [0.29, 0.717) is 66.2 Å². The molecule has 4 aromatic carbocycles. The number of aliphatic hydroxyl groups excluding tert-OH is 1. The van der Waals surface area contributed by atoms with Gasteiger partial charge in [0.15, 0.2) is 11.2 Å². The van der Waals surface area contributed by atoms with Gasteiger partial charge in [-0.2, -0.15) is 17.6 Å². The van der Waals surface area contributed by atoms with Gasteiger partial charge < -0.3 is 33.5 Å². The number of rotatable bonds is 12. The van der Waals surface area contributed by atoms with E-state index in [1.807, 2.05) is 55.1 Å². The number of fused-ring (bicyclic) bond motifs is 2. The van der Waals surface area contributed by atoms with Crippen molar-refractivity contribution < 1.29 is 50.5 Å². The summed E-state index contributed by atoms with van der Waals surface area (Å²) in [6.45, 7) is -0.695. The lowest BCUT2D eigenvalue weighted by Crippen LogP contribution is -2.49. The van der Waals surface area contributed by atoms with E-state index in [1.165, 1.54) is 18.2 Å². The first kappa shape index (κ1) is 36.5. The first-order chi connectivity index (χ1) is 26.5. The molecule has 55 heavy (non-hydrogen) atoms. The number of oxazole rings is 2. The lowest BCUT2D eigenvalue weighted by Gasteiger charge is -2.36. The van der Waals surface area contributed by atoms with Crippen molar-refractivity contribution in [1.82, 2.24) is 20.2 Å². The third-order valence-corrected chi connectivity index (χ3v) is 10.0. The second-order valence-corrected chi connectivity index (χ2v) is 13.7. The monoisotopic (exact) mass is 760 g/mol. The summed E-state index contributed by atoms with van der Waals surface area (Å²) in [5, 5.41) is 12.8. The largest absolute Gasteiger partial charge is 0.460 e. The summed E-state index contributed by atoms with van der Waals surface area (Å²) in [6, 6.07) is 16.8. The van der Waals surface area contributed by atoms with Gasteiger partial charge in [0.05, 0.1) is 6.10 Å². The van der Waals surface area contributed by atoms with Crippen molar-refractivity contribution in [1.29, 1.82) is 0 Å². The molecule has 0 aliphatic carbocycles. The maximum atomic E-state index is 13.4. The van der Waals surface area contributed by atoms with Crippen LogP contribution in [0.1, 0.15) is 35.1 Å². The number of nitrogens with zero attached hydrogens (tertiary/aromatic N) is 3. The third kappa shape index (κ3) is 7.46. The first-order valence-electron chi connectivity index (χ1n) is 17.8. The molecule has 8 rings (SSSR count). The van der Waals surface area contributed by atoms with Gasteiger partial charge in [0.1, 0.15) is 35.2 Å². The Kier molecular flexibility index (Phi) is 9.92. The molecule has 4 heterocycles. The minimum absolute atomic E-state index is 0.0157. The summed E-state index contributed by atoms with van der Waals surface area (Å²) in [5.74, 6) is -0.117. The van der Waals surface area contributed by atoms with E-state index in [4.69, 9.17) is 28.0 Å². The molecule has 2 aromatic heterocycles. The maximum Gasteiger partial charge on any atom is 0.387 e. The molecule has 2 N–H and O–H groups in total. The predicted octanol–water partition coefficient (Wildman–Crippen LogP) is 7.76. The number of carbonyl (C=O) groups is 1. The number of aromatic nitrogens is 2. The molecule has 2 aliphatic heterocycles. The summed E-state index contributed by atoms with van der Waals surface area (Å²) in [6.07, 6.45) is 1.03. The molecule has 15 heteroatoms. The Hall–Kier alpha value is -5.51. The molecule has 2 saturated heterocycles. The predicted molar refractivity (Wildman–Crippen MR) is 193 cm³/mol. The molecule has 0 amide bonds. The highest BCUT2D eigenvalue weighted by Gasteiger charge is 2.28. The number of β-amino-alcohol motifs (C(OH)–C–C–N with tert-alkyl or cyclic N) is 1. The molecule has 6 aromatic rings. The fourth-order valence-electron chi connectivity index (χ4n) is 7.24. The number of hydrogen-bond donors (Lipinski definition) is 2. The number of halogens is 4. The number of alkyl halides is 4. The Balaban J connectivity index is 1.10. The summed E-state index contributed by atoms with van der Waals surface area (Å²) >= 11 is 0. The Bertz CT molecular complexity index is 2390. The number of likely N-dealkylation sites (tertiary alicyclic amines) is 1. The van der Waals surface area contributed by atoms with Gasteiger partial charge in [0.2, 0.25) is 11.8 Å². The number of carbonyl (C=O) groups excluding carboxylic acids is 1. The Labute approximate surface area is 311 Å². The zero-order valence-electron chi connectivity index (χ0n) is 29.8. The molecular formula is C40H36F4N4O7. The molecule has 286 valence electrons. The summed E-state index contributed by atoms with van der Waals surface area (Å²) in [4.78, 5) is 23.8. The summed E-state index contributed by atoms with van der Waals surface area (Å²) < 4.78 is 80.7. The highest BCUT2D eigenvalue weighted by atomic mass is 19.3. The van der Waals surface area contributed by atoms with E-state index in [0.717, 1.165) is 28.7 Å². The molecule has 0 saturated carbocycles. The van der Waals surface area contributed by atoms with E-state index >= 15 is 0 Å². The summed E-state index contributed by atoms with van der Waals surface area (Å²) in [7, 11) is 0. The molecule has 2 aliphatic rings. The van der Waals surface area contributed by atoms with Gasteiger partial charge in [-0.05, 0) is 79.8 Å². The Morgan fingerprint density at radius 2 is 1.36 bits per heavy atom. The maximum absolute atomic E-state index is 13.4. The molecule has 0 radical (unpaired) electrons. The van der Waals surface area contributed by atoms with E-state index in [-0.39, 0.29) is 40.7 Å². The molecular weight excluding hydrogens is 724 g/mol. The van der Waals surface area contributed by atoms with E-state index in [2.05, 4.69) is 10.3 Å². The number of hydrogen-bond acceptors (Lipinski definition) is 11. The van der Waals surface area contributed by atoms with Crippen LogP contribution in [0.25, 0.3) is 56.2 Å². The van der Waals surface area contributed by atoms with Crippen LogP contribution in [-0.2, 0) is 22.7 Å². The average Bonchev–Trinajstić information content (AvgIpc) is 3.90. The van der Waals surface area contributed by atoms with Crippen molar-refractivity contribution in [3.63, 3.8) is 0 Å². The molecule has 0 spiro atoms. The van der Waals surface area contributed by atoms with Crippen LogP contribution < -0.4 is 14.8 Å². The normalized spacial score (nSPS) is 16.4. The Morgan fingerprint density at radius 3 is 1.87 bits per heavy atom. The van der Waals surface area contributed by atoms with Crippen LogP contribution in [0.4, 0.5) is 17.6 Å². The smallest absolute Gasteiger partial charge is 0.387 e. The zero-order chi connectivity index (χ0) is 38.4. The van der Waals surface area contributed by atoms with Gasteiger partial charge in [0.25, 0.3) is 0 Å². The van der Waals surface area contributed by atoms with Crippen LogP contribution in [-0.4, -0.2) is 70.9 Å². The quantitative estimate of drug-likeness (QED) is 0.0937. The number of benzene rings is 4. The molecule has 0 unspecified atom stereocenters. The van der Waals surface area contributed by atoms with Crippen molar-refractivity contribution in [2.24, 2.45) is 0 Å². The third-order valence-electron chi connectivity index (χ3n) is 10.0. The Morgan fingerprint density at radius 1 is 0.836 bits per heavy atom. The number of nitrogens with one attached hydrogen (secondary N) is 1. The van der Waals surface area contributed by atoms with Crippen LogP contribution in [0, 0.1) is 13.8 Å². The minimum Gasteiger partial charge on any atom is -0.460 e. The van der Waals surface area contributed by atoms with Crippen molar-refractivity contribution in [3.8, 4) is 45.5 Å². The van der Waals surface area contributed by atoms with Crippen LogP contribution in [0.5, 0.6) is 11.5 Å². The second kappa shape index (κ2) is 15.0. The highest BCUT2D eigenvalue weighted by molar-refractivity contribution is 5.85. The summed E-state index contributed by atoms with van der Waals surface area (Å²) in [5.41, 5.74) is 6.80. The van der Waals surface area contributed by atoms with E-state index < -0.39 is 31.3 Å². The van der Waals surface area contributed by atoms with Gasteiger partial charge in [-0.15, -0.1) is 0 Å². The molecule has 2 fully saturated rings. The lowest BCUT2D eigenvalue weighted by atomic mass is 9.91. The minimum atomic E-state index is -3.11. The fourth-order valence-corrected chi connectivity index (χ4v) is 7.24. The zero-order valence-corrected chi connectivity index (χ0v) is 29.8. The van der Waals surface area contributed by atoms with E-state index in [9.17, 15) is 27.5 Å². The SMILES string of the molecule is Cc1c(-c2nc3cc(COC(=O)[C@@H]4CCCN4)c(OC(F)F)cc3o2)cccc1-c1cccc(-c2nc3cc(CN4CC(O)C4)c(OC(F)F)cc3o2)c1C. The van der Waals surface area contributed by atoms with Crippen LogP contribution in [0.2, 0.25) is 0 Å². The van der Waals surface area contributed by atoms with Crippen molar-refractivity contribution in [2.75, 3.05) is 19.6 Å². The first-order valence-corrected chi connectivity index (χ1v) is 17.8. The molecule has 1 atom stereocenters. The molecule has 0 bridgehead atoms.